The summed E-state index contributed by atoms with van der Waals surface area (Å²) in [5.41, 5.74) is -0.509. The van der Waals surface area contributed by atoms with Crippen LogP contribution in [0.4, 0.5) is 4.39 Å². The van der Waals surface area contributed by atoms with Crippen LogP contribution in [0.25, 0.3) is 0 Å². The summed E-state index contributed by atoms with van der Waals surface area (Å²) in [6.45, 7) is 2.54. The van der Waals surface area contributed by atoms with E-state index in [1.807, 2.05) is 6.92 Å². The molecule has 5 nitrogen and oxygen atoms in total. The van der Waals surface area contributed by atoms with Crippen molar-refractivity contribution in [1.82, 2.24) is 4.90 Å². The first-order valence-corrected chi connectivity index (χ1v) is 8.18. The van der Waals surface area contributed by atoms with Gasteiger partial charge < -0.3 is 10.0 Å². The number of carbonyl (C=O) groups is 3. The maximum atomic E-state index is 12.9. The summed E-state index contributed by atoms with van der Waals surface area (Å²) in [4.78, 5) is 37.5. The molecule has 1 atom stereocenters. The number of likely N-dealkylation sites (tertiary alicyclic amines) is 1. The standard InChI is InChI=1S/C18H22FNO4/c1-2-18(17(23)24)10-3-11-20(12-18)16(22)9-8-15(21)13-4-6-14(19)7-5-13/h4-7H,2-3,8-12H2,1H3,(H,23,24)/t18-/m1/s1. The lowest BCUT2D eigenvalue weighted by Crippen LogP contribution is -2.49. The number of carbonyl (C=O) groups excluding carboxylic acids is 2. The molecule has 1 amide bonds. The van der Waals surface area contributed by atoms with E-state index >= 15 is 0 Å². The summed E-state index contributed by atoms with van der Waals surface area (Å²) in [5, 5.41) is 9.45. The predicted molar refractivity (Wildman–Crippen MR) is 86.1 cm³/mol. The molecule has 2 rings (SSSR count). The molecule has 1 aliphatic heterocycles. The fourth-order valence-electron chi connectivity index (χ4n) is 3.12. The molecule has 0 aromatic heterocycles. The molecule has 0 saturated carbocycles. The maximum absolute atomic E-state index is 12.9. The van der Waals surface area contributed by atoms with Gasteiger partial charge in [0.05, 0.1) is 5.41 Å². The van der Waals surface area contributed by atoms with Crippen molar-refractivity contribution in [3.63, 3.8) is 0 Å². The van der Waals surface area contributed by atoms with Crippen LogP contribution < -0.4 is 0 Å². The monoisotopic (exact) mass is 335 g/mol. The highest BCUT2D eigenvalue weighted by Gasteiger charge is 2.41. The van der Waals surface area contributed by atoms with Gasteiger partial charge in [-0.3, -0.25) is 14.4 Å². The Balaban J connectivity index is 1.93. The van der Waals surface area contributed by atoms with Crippen molar-refractivity contribution in [3.8, 4) is 0 Å². The van der Waals surface area contributed by atoms with E-state index in [4.69, 9.17) is 0 Å². The van der Waals surface area contributed by atoms with Crippen molar-refractivity contribution in [2.75, 3.05) is 13.1 Å². The normalized spacial score (nSPS) is 20.7. The highest BCUT2D eigenvalue weighted by molar-refractivity contribution is 5.98. The van der Waals surface area contributed by atoms with E-state index in [9.17, 15) is 23.9 Å². The Morgan fingerprint density at radius 1 is 1.21 bits per heavy atom. The summed E-state index contributed by atoms with van der Waals surface area (Å²) >= 11 is 0. The Labute approximate surface area is 140 Å². The van der Waals surface area contributed by atoms with E-state index in [1.165, 1.54) is 24.3 Å². The zero-order chi connectivity index (χ0) is 17.7. The minimum Gasteiger partial charge on any atom is -0.481 e. The number of benzene rings is 1. The number of hydrogen-bond donors (Lipinski definition) is 1. The summed E-state index contributed by atoms with van der Waals surface area (Å²) in [7, 11) is 0. The van der Waals surface area contributed by atoms with Gasteiger partial charge in [0.15, 0.2) is 5.78 Å². The quantitative estimate of drug-likeness (QED) is 0.811. The number of amides is 1. The first-order chi connectivity index (χ1) is 11.4. The van der Waals surface area contributed by atoms with E-state index < -0.39 is 17.2 Å². The molecule has 1 N–H and O–H groups in total. The molecule has 24 heavy (non-hydrogen) atoms. The number of rotatable bonds is 6. The van der Waals surface area contributed by atoms with Gasteiger partial charge in [0.2, 0.25) is 5.91 Å². The number of piperidine rings is 1. The Morgan fingerprint density at radius 2 is 1.88 bits per heavy atom. The Morgan fingerprint density at radius 3 is 2.46 bits per heavy atom. The molecule has 0 unspecified atom stereocenters. The topological polar surface area (TPSA) is 74.7 Å². The molecule has 1 saturated heterocycles. The van der Waals surface area contributed by atoms with Crippen molar-refractivity contribution in [2.24, 2.45) is 5.41 Å². The van der Waals surface area contributed by atoms with Crippen molar-refractivity contribution in [1.29, 1.82) is 0 Å². The number of halogens is 1. The van der Waals surface area contributed by atoms with Crippen molar-refractivity contribution in [2.45, 2.75) is 39.0 Å². The van der Waals surface area contributed by atoms with E-state index in [0.29, 0.717) is 31.4 Å². The second-order valence-corrected chi connectivity index (χ2v) is 6.29. The summed E-state index contributed by atoms with van der Waals surface area (Å²) < 4.78 is 12.9. The van der Waals surface area contributed by atoms with Gasteiger partial charge >= 0.3 is 5.97 Å². The van der Waals surface area contributed by atoms with Gasteiger partial charge in [0.1, 0.15) is 5.82 Å². The van der Waals surface area contributed by atoms with Crippen molar-refractivity contribution >= 4 is 17.7 Å². The first kappa shape index (κ1) is 18.1. The van der Waals surface area contributed by atoms with Crippen molar-refractivity contribution < 1.29 is 23.9 Å². The fourth-order valence-corrected chi connectivity index (χ4v) is 3.12. The molecular formula is C18H22FNO4. The van der Waals surface area contributed by atoms with Crippen LogP contribution >= 0.6 is 0 Å². The molecule has 0 spiro atoms. The molecule has 1 fully saturated rings. The van der Waals surface area contributed by atoms with Crippen LogP contribution in [0, 0.1) is 11.2 Å². The lowest BCUT2D eigenvalue weighted by Gasteiger charge is -2.39. The van der Waals surface area contributed by atoms with Crippen LogP contribution in [0.1, 0.15) is 49.4 Å². The number of aliphatic carboxylic acids is 1. The lowest BCUT2D eigenvalue weighted by molar-refractivity contribution is -0.155. The fraction of sp³-hybridized carbons (Fsp3) is 0.500. The molecule has 6 heteroatoms. The number of carboxylic acid groups (broad SMARTS) is 1. The minimum absolute atomic E-state index is 0.0349. The van der Waals surface area contributed by atoms with Gasteiger partial charge in [-0.1, -0.05) is 6.92 Å². The number of carboxylic acids is 1. The van der Waals surface area contributed by atoms with Crippen LogP contribution in [0.15, 0.2) is 24.3 Å². The van der Waals surface area contributed by atoms with Gasteiger partial charge in [-0.25, -0.2) is 4.39 Å². The van der Waals surface area contributed by atoms with Crippen LogP contribution in [-0.4, -0.2) is 40.8 Å². The minimum atomic E-state index is -0.880. The smallest absolute Gasteiger partial charge is 0.311 e. The number of ketones is 1. The van der Waals surface area contributed by atoms with Crippen LogP contribution in [0.3, 0.4) is 0 Å². The zero-order valence-electron chi connectivity index (χ0n) is 13.8. The van der Waals surface area contributed by atoms with Gasteiger partial charge in [0, 0.05) is 31.5 Å². The highest BCUT2D eigenvalue weighted by atomic mass is 19.1. The highest BCUT2D eigenvalue weighted by Crippen LogP contribution is 2.34. The van der Waals surface area contributed by atoms with Crippen molar-refractivity contribution in [3.05, 3.63) is 35.6 Å². The third-order valence-electron chi connectivity index (χ3n) is 4.79. The van der Waals surface area contributed by atoms with E-state index in [1.54, 1.807) is 4.90 Å². The Kier molecular flexibility index (Phi) is 5.70. The summed E-state index contributed by atoms with van der Waals surface area (Å²) in [5.74, 6) is -1.71. The molecule has 130 valence electrons. The Hall–Kier alpha value is -2.24. The van der Waals surface area contributed by atoms with Crippen LogP contribution in [0.2, 0.25) is 0 Å². The molecule has 0 radical (unpaired) electrons. The third kappa shape index (κ3) is 3.99. The largest absolute Gasteiger partial charge is 0.481 e. The molecular weight excluding hydrogens is 313 g/mol. The maximum Gasteiger partial charge on any atom is 0.311 e. The zero-order valence-corrected chi connectivity index (χ0v) is 13.8. The summed E-state index contributed by atoms with van der Waals surface area (Å²) in [6.07, 6.45) is 1.76. The molecule has 1 heterocycles. The van der Waals surface area contributed by atoms with E-state index in [-0.39, 0.29) is 31.1 Å². The van der Waals surface area contributed by atoms with Crippen LogP contribution in [0.5, 0.6) is 0 Å². The SMILES string of the molecule is CC[C@@]1(C(=O)O)CCCN(C(=O)CCC(=O)c2ccc(F)cc2)C1. The second-order valence-electron chi connectivity index (χ2n) is 6.29. The van der Waals surface area contributed by atoms with Gasteiger partial charge in [-0.15, -0.1) is 0 Å². The van der Waals surface area contributed by atoms with E-state index in [2.05, 4.69) is 0 Å². The molecule has 0 aliphatic carbocycles. The molecule has 1 aromatic rings. The van der Waals surface area contributed by atoms with E-state index in [0.717, 1.165) is 0 Å². The third-order valence-corrected chi connectivity index (χ3v) is 4.79. The first-order valence-electron chi connectivity index (χ1n) is 8.18. The number of nitrogens with zero attached hydrogens (tertiary/aromatic N) is 1. The average molecular weight is 335 g/mol. The average Bonchev–Trinajstić information content (AvgIpc) is 2.59. The van der Waals surface area contributed by atoms with Gasteiger partial charge in [-0.05, 0) is 43.5 Å². The predicted octanol–water partition coefficient (Wildman–Crippen LogP) is 2.89. The Bertz CT molecular complexity index is 628. The lowest BCUT2D eigenvalue weighted by atomic mass is 9.77. The van der Waals surface area contributed by atoms with Gasteiger partial charge in [0.25, 0.3) is 0 Å². The number of hydrogen-bond acceptors (Lipinski definition) is 3. The van der Waals surface area contributed by atoms with Gasteiger partial charge in [-0.2, -0.15) is 0 Å². The molecule has 0 bridgehead atoms. The molecule has 1 aromatic carbocycles. The molecule has 1 aliphatic rings. The summed E-state index contributed by atoms with van der Waals surface area (Å²) in [6, 6.07) is 5.22. The second kappa shape index (κ2) is 7.55. The van der Waals surface area contributed by atoms with Crippen LogP contribution in [-0.2, 0) is 9.59 Å². The number of Topliss-reactive ketones (excluding diaryl/α,β-unsaturated/α-hetero) is 1.